The van der Waals surface area contributed by atoms with Crippen LogP contribution in [0.25, 0.3) is 22.0 Å². The maximum absolute atomic E-state index is 12.3. The lowest BCUT2D eigenvalue weighted by Gasteiger charge is -2.12. The van der Waals surface area contributed by atoms with Crippen molar-refractivity contribution >= 4 is 28.2 Å². The van der Waals surface area contributed by atoms with Crippen LogP contribution in [0.5, 0.6) is 5.75 Å². The van der Waals surface area contributed by atoms with Crippen LogP contribution >= 0.6 is 0 Å². The molecule has 1 aromatic heterocycles. The molecule has 3 aromatic carbocycles. The lowest BCUT2D eigenvalue weighted by atomic mass is 10.0. The van der Waals surface area contributed by atoms with E-state index in [9.17, 15) is 9.59 Å². The predicted octanol–water partition coefficient (Wildman–Crippen LogP) is 5.12. The summed E-state index contributed by atoms with van der Waals surface area (Å²) in [5.74, 6) is 0.225. The van der Waals surface area contributed by atoms with Crippen molar-refractivity contribution in [1.82, 2.24) is 4.98 Å². The van der Waals surface area contributed by atoms with Crippen LogP contribution in [-0.4, -0.2) is 23.3 Å². The molecule has 4 rings (SSSR count). The van der Waals surface area contributed by atoms with Crippen molar-refractivity contribution in [1.29, 1.82) is 0 Å². The molecule has 0 saturated carbocycles. The van der Waals surface area contributed by atoms with Crippen molar-refractivity contribution in [3.8, 4) is 17.0 Å². The lowest BCUT2D eigenvalue weighted by Crippen LogP contribution is -2.20. The van der Waals surface area contributed by atoms with Crippen molar-refractivity contribution < 1.29 is 14.3 Å². The van der Waals surface area contributed by atoms with E-state index in [-0.39, 0.29) is 18.3 Å². The quantitative estimate of drug-likeness (QED) is 0.459. The summed E-state index contributed by atoms with van der Waals surface area (Å²) in [4.78, 5) is 28.2. The normalized spacial score (nSPS) is 10.6. The summed E-state index contributed by atoms with van der Waals surface area (Å²) in [5.41, 5.74) is 2.84. The summed E-state index contributed by atoms with van der Waals surface area (Å²) in [7, 11) is 0. The minimum Gasteiger partial charge on any atom is -0.481 e. The van der Waals surface area contributed by atoms with Crippen LogP contribution in [0, 0.1) is 0 Å². The molecule has 0 atom stereocenters. The topological polar surface area (TPSA) is 68.3 Å². The van der Waals surface area contributed by atoms with Gasteiger partial charge in [0, 0.05) is 23.0 Å². The van der Waals surface area contributed by atoms with Gasteiger partial charge in [0.15, 0.2) is 12.4 Å². The summed E-state index contributed by atoms with van der Waals surface area (Å²) in [6.45, 7) is 1.35. The smallest absolute Gasteiger partial charge is 0.262 e. The second kappa shape index (κ2) is 8.57. The summed E-state index contributed by atoms with van der Waals surface area (Å²) < 4.78 is 5.81. The number of hydrogen-bond donors (Lipinski definition) is 1. The molecule has 0 spiro atoms. The van der Waals surface area contributed by atoms with E-state index in [2.05, 4.69) is 10.3 Å². The average Bonchev–Trinajstić information content (AvgIpc) is 2.78. The first-order valence-electron chi connectivity index (χ1n) is 9.58. The standard InChI is InChI=1S/C25H20N2O3/c1-17(28)18-11-13-20(14-12-18)27-24(29)16-30-23-10-5-15-26-25(23)22-9-4-7-19-6-2-3-8-21(19)22/h2-15H,16H2,1H3,(H,27,29). The van der Waals surface area contributed by atoms with Crippen LogP contribution in [0.15, 0.2) is 85.1 Å². The Kier molecular flexibility index (Phi) is 5.52. The number of nitrogens with one attached hydrogen (secondary N) is 1. The van der Waals surface area contributed by atoms with E-state index < -0.39 is 0 Å². The fourth-order valence-corrected chi connectivity index (χ4v) is 3.27. The van der Waals surface area contributed by atoms with Gasteiger partial charge < -0.3 is 10.1 Å². The number of Topliss-reactive ketones (excluding diaryl/α,β-unsaturated/α-hetero) is 1. The Morgan fingerprint density at radius 3 is 2.47 bits per heavy atom. The molecule has 4 aromatic rings. The van der Waals surface area contributed by atoms with E-state index in [4.69, 9.17) is 4.74 Å². The number of ketones is 1. The molecule has 1 heterocycles. The second-order valence-electron chi connectivity index (χ2n) is 6.85. The Hall–Kier alpha value is -3.99. The van der Waals surface area contributed by atoms with Gasteiger partial charge in [0.2, 0.25) is 0 Å². The van der Waals surface area contributed by atoms with E-state index >= 15 is 0 Å². The van der Waals surface area contributed by atoms with Crippen LogP contribution in [-0.2, 0) is 4.79 Å². The molecule has 0 aliphatic carbocycles. The van der Waals surface area contributed by atoms with E-state index in [0.29, 0.717) is 22.7 Å². The molecule has 0 aliphatic rings. The van der Waals surface area contributed by atoms with Gasteiger partial charge in [-0.05, 0) is 54.1 Å². The number of pyridine rings is 1. The van der Waals surface area contributed by atoms with Gasteiger partial charge in [0.1, 0.15) is 11.4 Å². The number of nitrogens with zero attached hydrogens (tertiary/aromatic N) is 1. The zero-order chi connectivity index (χ0) is 20.9. The molecule has 5 heteroatoms. The van der Waals surface area contributed by atoms with Gasteiger partial charge in [0.25, 0.3) is 5.91 Å². The molecule has 1 N–H and O–H groups in total. The van der Waals surface area contributed by atoms with E-state index in [1.165, 1.54) is 6.92 Å². The first-order chi connectivity index (χ1) is 14.6. The maximum atomic E-state index is 12.3. The van der Waals surface area contributed by atoms with Gasteiger partial charge in [0.05, 0.1) is 0 Å². The molecular weight excluding hydrogens is 376 g/mol. The lowest BCUT2D eigenvalue weighted by molar-refractivity contribution is -0.118. The third kappa shape index (κ3) is 4.20. The Morgan fingerprint density at radius 2 is 1.67 bits per heavy atom. The van der Waals surface area contributed by atoms with E-state index in [1.807, 2.05) is 42.5 Å². The number of benzene rings is 3. The van der Waals surface area contributed by atoms with E-state index in [1.54, 1.807) is 42.6 Å². The number of ether oxygens (including phenoxy) is 1. The van der Waals surface area contributed by atoms with E-state index in [0.717, 1.165) is 16.3 Å². The zero-order valence-electron chi connectivity index (χ0n) is 16.5. The van der Waals surface area contributed by atoms with Gasteiger partial charge >= 0.3 is 0 Å². The van der Waals surface area contributed by atoms with Crippen LogP contribution in [0.2, 0.25) is 0 Å². The summed E-state index contributed by atoms with van der Waals surface area (Å²) in [6, 6.07) is 24.4. The Labute approximate surface area is 174 Å². The Balaban J connectivity index is 1.51. The molecule has 0 fully saturated rings. The maximum Gasteiger partial charge on any atom is 0.262 e. The van der Waals surface area contributed by atoms with Gasteiger partial charge in [-0.15, -0.1) is 0 Å². The predicted molar refractivity (Wildman–Crippen MR) is 118 cm³/mol. The first kappa shape index (κ1) is 19.3. The minimum absolute atomic E-state index is 0.0197. The molecule has 0 aliphatic heterocycles. The molecule has 0 unspecified atom stereocenters. The molecule has 0 radical (unpaired) electrons. The molecule has 148 valence electrons. The highest BCUT2D eigenvalue weighted by Gasteiger charge is 2.12. The Bertz CT molecular complexity index is 1210. The average molecular weight is 396 g/mol. The van der Waals surface area contributed by atoms with Crippen molar-refractivity contribution in [2.24, 2.45) is 0 Å². The minimum atomic E-state index is -0.293. The number of carbonyl (C=O) groups is 2. The van der Waals surface area contributed by atoms with Crippen molar-refractivity contribution in [2.45, 2.75) is 6.92 Å². The molecule has 5 nitrogen and oxygen atoms in total. The monoisotopic (exact) mass is 396 g/mol. The van der Waals surface area contributed by atoms with Gasteiger partial charge in [-0.2, -0.15) is 0 Å². The van der Waals surface area contributed by atoms with Gasteiger partial charge in [-0.1, -0.05) is 42.5 Å². The largest absolute Gasteiger partial charge is 0.481 e. The molecule has 1 amide bonds. The van der Waals surface area contributed by atoms with Gasteiger partial charge in [-0.3, -0.25) is 14.6 Å². The van der Waals surface area contributed by atoms with Crippen molar-refractivity contribution in [3.05, 3.63) is 90.6 Å². The van der Waals surface area contributed by atoms with Crippen LogP contribution < -0.4 is 10.1 Å². The van der Waals surface area contributed by atoms with Gasteiger partial charge in [-0.25, -0.2) is 0 Å². The van der Waals surface area contributed by atoms with Crippen LogP contribution in [0.3, 0.4) is 0 Å². The van der Waals surface area contributed by atoms with Crippen molar-refractivity contribution in [2.75, 3.05) is 11.9 Å². The second-order valence-corrected chi connectivity index (χ2v) is 6.85. The summed E-state index contributed by atoms with van der Waals surface area (Å²) in [6.07, 6.45) is 1.71. The number of aromatic nitrogens is 1. The first-order valence-corrected chi connectivity index (χ1v) is 9.58. The fourth-order valence-electron chi connectivity index (χ4n) is 3.27. The third-order valence-electron chi connectivity index (χ3n) is 4.75. The fraction of sp³-hybridized carbons (Fsp3) is 0.0800. The highest BCUT2D eigenvalue weighted by Crippen LogP contribution is 2.33. The highest BCUT2D eigenvalue weighted by molar-refractivity contribution is 5.97. The molecule has 30 heavy (non-hydrogen) atoms. The van der Waals surface area contributed by atoms with Crippen LogP contribution in [0.1, 0.15) is 17.3 Å². The molecule has 0 bridgehead atoms. The third-order valence-corrected chi connectivity index (χ3v) is 4.75. The number of anilines is 1. The number of amides is 1. The number of rotatable bonds is 6. The summed E-state index contributed by atoms with van der Waals surface area (Å²) >= 11 is 0. The molecule has 0 saturated heterocycles. The number of hydrogen-bond acceptors (Lipinski definition) is 4. The number of fused-ring (bicyclic) bond motifs is 1. The number of carbonyl (C=O) groups excluding carboxylic acids is 2. The molecular formula is C25H20N2O3. The van der Waals surface area contributed by atoms with Crippen molar-refractivity contribution in [3.63, 3.8) is 0 Å². The Morgan fingerprint density at radius 1 is 0.900 bits per heavy atom. The SMILES string of the molecule is CC(=O)c1ccc(NC(=O)COc2cccnc2-c2cccc3ccccc23)cc1. The zero-order valence-corrected chi connectivity index (χ0v) is 16.5. The summed E-state index contributed by atoms with van der Waals surface area (Å²) in [5, 5.41) is 4.95. The van der Waals surface area contributed by atoms with Crippen LogP contribution in [0.4, 0.5) is 5.69 Å². The highest BCUT2D eigenvalue weighted by atomic mass is 16.5.